The fraction of sp³-hybridized carbons (Fsp3) is 0.417. The molecule has 14 heavy (non-hydrogen) atoms. The fourth-order valence-corrected chi connectivity index (χ4v) is 2.69. The monoisotopic (exact) mass is 187 g/mol. The van der Waals surface area contributed by atoms with Crippen LogP contribution in [0.15, 0.2) is 24.3 Å². The van der Waals surface area contributed by atoms with Crippen molar-refractivity contribution in [3.05, 3.63) is 36.9 Å². The molecule has 2 atom stereocenters. The van der Waals surface area contributed by atoms with Crippen LogP contribution < -0.4 is 5.32 Å². The lowest BCUT2D eigenvalue weighted by atomic mass is 9.89. The number of benzene rings is 1. The first-order chi connectivity index (χ1) is 6.84. The molecule has 0 aromatic heterocycles. The molecule has 3 rings (SSSR count). The van der Waals surface area contributed by atoms with Crippen LogP contribution in [-0.2, 0) is 0 Å². The van der Waals surface area contributed by atoms with Crippen molar-refractivity contribution in [1.29, 1.82) is 0 Å². The van der Waals surface area contributed by atoms with Gasteiger partial charge >= 0.3 is 0 Å². The van der Waals surface area contributed by atoms with E-state index in [4.69, 9.17) is 0 Å². The SMILES string of the molecule is [CH2-]N1CCC2c3ccccc3NC2C1. The summed E-state index contributed by atoms with van der Waals surface area (Å²) in [6.07, 6.45) is 1.23. The number of nitrogens with one attached hydrogen (secondary N) is 1. The van der Waals surface area contributed by atoms with E-state index in [0.29, 0.717) is 12.0 Å². The smallest absolute Gasteiger partial charge is 0.0434 e. The molecular weight excluding hydrogens is 172 g/mol. The van der Waals surface area contributed by atoms with Crippen molar-refractivity contribution < 1.29 is 0 Å². The Morgan fingerprint density at radius 1 is 1.36 bits per heavy atom. The topological polar surface area (TPSA) is 15.3 Å². The molecule has 1 aromatic carbocycles. The number of piperidine rings is 1. The summed E-state index contributed by atoms with van der Waals surface area (Å²) in [4.78, 5) is 2.17. The maximum Gasteiger partial charge on any atom is 0.0434 e. The van der Waals surface area contributed by atoms with Crippen molar-refractivity contribution in [2.45, 2.75) is 18.4 Å². The van der Waals surface area contributed by atoms with Crippen LogP contribution in [0.3, 0.4) is 0 Å². The number of para-hydroxylation sites is 1. The van der Waals surface area contributed by atoms with E-state index < -0.39 is 0 Å². The number of hydrogen-bond acceptors (Lipinski definition) is 2. The Morgan fingerprint density at radius 2 is 2.21 bits per heavy atom. The average Bonchev–Trinajstić information content (AvgIpc) is 2.54. The minimum Gasteiger partial charge on any atom is -0.457 e. The fourth-order valence-electron chi connectivity index (χ4n) is 2.69. The molecule has 0 saturated carbocycles. The van der Waals surface area contributed by atoms with Crippen LogP contribution in [0.4, 0.5) is 5.69 Å². The van der Waals surface area contributed by atoms with Crippen LogP contribution in [0.5, 0.6) is 0 Å². The van der Waals surface area contributed by atoms with Crippen LogP contribution in [-0.4, -0.2) is 24.0 Å². The summed E-state index contributed by atoms with van der Waals surface area (Å²) in [7, 11) is 4.01. The van der Waals surface area contributed by atoms with Gasteiger partial charge in [0.15, 0.2) is 0 Å². The Labute approximate surface area is 84.9 Å². The van der Waals surface area contributed by atoms with E-state index in [1.807, 2.05) is 0 Å². The minimum absolute atomic E-state index is 0.582. The molecule has 1 fully saturated rings. The predicted molar refractivity (Wildman–Crippen MR) is 58.1 cm³/mol. The molecule has 0 amide bonds. The zero-order valence-corrected chi connectivity index (χ0v) is 8.24. The summed E-state index contributed by atoms with van der Waals surface area (Å²) >= 11 is 0. The third kappa shape index (κ3) is 1.14. The lowest BCUT2D eigenvalue weighted by molar-refractivity contribution is 0.268. The van der Waals surface area contributed by atoms with Crippen LogP contribution in [0, 0.1) is 7.05 Å². The number of anilines is 1. The van der Waals surface area contributed by atoms with Gasteiger partial charge in [-0.25, -0.2) is 0 Å². The summed E-state index contributed by atoms with van der Waals surface area (Å²) in [5.41, 5.74) is 2.84. The maximum absolute atomic E-state index is 4.01. The molecule has 2 unspecified atom stereocenters. The third-order valence-electron chi connectivity index (χ3n) is 3.40. The van der Waals surface area contributed by atoms with Crippen LogP contribution in [0.1, 0.15) is 17.9 Å². The Balaban J connectivity index is 1.94. The summed E-state index contributed by atoms with van der Waals surface area (Å²) in [6, 6.07) is 9.26. The van der Waals surface area contributed by atoms with Crippen LogP contribution in [0.2, 0.25) is 0 Å². The van der Waals surface area contributed by atoms with Gasteiger partial charge in [-0.15, -0.1) is 0 Å². The first-order valence-corrected chi connectivity index (χ1v) is 5.25. The van der Waals surface area contributed by atoms with Crippen LogP contribution in [0.25, 0.3) is 0 Å². The lowest BCUT2D eigenvalue weighted by Crippen LogP contribution is -2.40. The highest BCUT2D eigenvalue weighted by Gasteiger charge is 2.33. The summed E-state index contributed by atoms with van der Waals surface area (Å²) in [5, 5.41) is 3.59. The molecule has 0 radical (unpaired) electrons. The zero-order chi connectivity index (χ0) is 9.54. The Morgan fingerprint density at radius 3 is 3.14 bits per heavy atom. The number of nitrogens with zero attached hydrogens (tertiary/aromatic N) is 1. The maximum atomic E-state index is 4.01. The van der Waals surface area contributed by atoms with Crippen molar-refractivity contribution in [3.8, 4) is 0 Å². The molecule has 0 aliphatic carbocycles. The zero-order valence-electron chi connectivity index (χ0n) is 8.24. The van der Waals surface area contributed by atoms with Gasteiger partial charge in [-0.1, -0.05) is 18.2 Å². The van der Waals surface area contributed by atoms with Crippen molar-refractivity contribution in [2.24, 2.45) is 0 Å². The van der Waals surface area contributed by atoms with Gasteiger partial charge in [0.05, 0.1) is 0 Å². The van der Waals surface area contributed by atoms with E-state index in [1.54, 1.807) is 0 Å². The highest BCUT2D eigenvalue weighted by molar-refractivity contribution is 5.59. The largest absolute Gasteiger partial charge is 0.457 e. The Kier molecular flexibility index (Phi) is 1.77. The van der Waals surface area contributed by atoms with Crippen LogP contribution >= 0.6 is 0 Å². The lowest BCUT2D eigenvalue weighted by Gasteiger charge is -2.37. The first kappa shape index (κ1) is 8.30. The van der Waals surface area contributed by atoms with Gasteiger partial charge in [0.25, 0.3) is 0 Å². The van der Waals surface area contributed by atoms with Gasteiger partial charge < -0.3 is 10.2 Å². The molecule has 2 heterocycles. The van der Waals surface area contributed by atoms with Gasteiger partial charge in [0.2, 0.25) is 0 Å². The molecule has 1 saturated heterocycles. The van der Waals surface area contributed by atoms with E-state index in [0.717, 1.165) is 13.1 Å². The molecule has 0 spiro atoms. The van der Waals surface area contributed by atoms with Crippen molar-refractivity contribution in [1.82, 2.24) is 4.90 Å². The molecular formula is C12H15N2-. The van der Waals surface area contributed by atoms with Crippen molar-refractivity contribution in [3.63, 3.8) is 0 Å². The molecule has 2 heteroatoms. The van der Waals surface area contributed by atoms with E-state index in [2.05, 4.69) is 41.5 Å². The number of rotatable bonds is 0. The summed E-state index contributed by atoms with van der Waals surface area (Å²) < 4.78 is 0. The van der Waals surface area contributed by atoms with Gasteiger partial charge in [0, 0.05) is 17.6 Å². The molecule has 0 bridgehead atoms. The number of hydrogen-bond donors (Lipinski definition) is 1. The minimum atomic E-state index is 0.582. The van der Waals surface area contributed by atoms with E-state index in [9.17, 15) is 0 Å². The molecule has 1 N–H and O–H groups in total. The second-order valence-corrected chi connectivity index (χ2v) is 4.31. The second-order valence-electron chi connectivity index (χ2n) is 4.31. The van der Waals surface area contributed by atoms with Gasteiger partial charge in [-0.3, -0.25) is 7.05 Å². The summed E-state index contributed by atoms with van der Waals surface area (Å²) in [6.45, 7) is 2.19. The summed E-state index contributed by atoms with van der Waals surface area (Å²) in [5.74, 6) is 0.712. The van der Waals surface area contributed by atoms with Gasteiger partial charge in [-0.05, 0) is 31.1 Å². The van der Waals surface area contributed by atoms with E-state index in [1.165, 1.54) is 17.7 Å². The quantitative estimate of drug-likeness (QED) is 0.625. The molecule has 2 aliphatic rings. The standard InChI is InChI=1S/C12H15N2/c1-14-7-6-10-9-4-2-3-5-11(9)13-12(10)8-14/h2-5,10,12-13H,1,6-8H2/q-1. The number of likely N-dealkylation sites (tertiary alicyclic amines) is 1. The van der Waals surface area contributed by atoms with E-state index >= 15 is 0 Å². The van der Waals surface area contributed by atoms with Gasteiger partial charge in [-0.2, -0.15) is 0 Å². The molecule has 2 aliphatic heterocycles. The van der Waals surface area contributed by atoms with Crippen molar-refractivity contribution >= 4 is 5.69 Å². The van der Waals surface area contributed by atoms with Crippen molar-refractivity contribution in [2.75, 3.05) is 18.4 Å². The molecule has 1 aromatic rings. The second kappa shape index (κ2) is 2.99. The Bertz CT molecular complexity index is 348. The molecule has 74 valence electrons. The normalized spacial score (nSPS) is 30.6. The predicted octanol–water partition coefficient (Wildman–Crippen LogP) is 2.06. The highest BCUT2D eigenvalue weighted by atomic mass is 15.2. The Hall–Kier alpha value is -1.02. The highest BCUT2D eigenvalue weighted by Crippen LogP contribution is 2.40. The van der Waals surface area contributed by atoms with Gasteiger partial charge in [0.1, 0.15) is 0 Å². The number of fused-ring (bicyclic) bond motifs is 3. The third-order valence-corrected chi connectivity index (χ3v) is 3.40. The first-order valence-electron chi connectivity index (χ1n) is 5.25. The average molecular weight is 187 g/mol. The molecule has 2 nitrogen and oxygen atoms in total. The van der Waals surface area contributed by atoms with E-state index in [-0.39, 0.29) is 0 Å².